The highest BCUT2D eigenvalue weighted by molar-refractivity contribution is 14.1. The van der Waals surface area contributed by atoms with Crippen LogP contribution >= 0.6 is 22.6 Å². The fraction of sp³-hybridized carbons (Fsp3) is 0.357. The molecule has 1 N–H and O–H groups in total. The van der Waals surface area contributed by atoms with Crippen LogP contribution in [0.15, 0.2) is 18.3 Å². The molecule has 5 heteroatoms. The average molecular weight is 368 g/mol. The molecule has 0 bridgehead atoms. The molecule has 2 heterocycles. The lowest BCUT2D eigenvalue weighted by Crippen LogP contribution is -2.08. The van der Waals surface area contributed by atoms with Gasteiger partial charge in [0.25, 0.3) is 0 Å². The van der Waals surface area contributed by atoms with Crippen molar-refractivity contribution in [3.05, 3.63) is 33.2 Å². The molecule has 2 aromatic heterocycles. The lowest BCUT2D eigenvalue weighted by molar-refractivity contribution is 0.976. The second kappa shape index (κ2) is 6.27. The number of aromatic nitrogens is 3. The Balaban J connectivity index is 2.54. The zero-order valence-corrected chi connectivity index (χ0v) is 13.5. The summed E-state index contributed by atoms with van der Waals surface area (Å²) >= 11 is 2.30. The van der Waals surface area contributed by atoms with E-state index in [4.69, 9.17) is 0 Å². The van der Waals surface area contributed by atoms with Gasteiger partial charge in [-0.25, -0.2) is 9.97 Å². The lowest BCUT2D eigenvalue weighted by Gasteiger charge is -2.11. The minimum Gasteiger partial charge on any atom is -0.369 e. The Morgan fingerprint density at radius 1 is 1.26 bits per heavy atom. The van der Waals surface area contributed by atoms with Crippen molar-refractivity contribution in [3.8, 4) is 11.5 Å². The van der Waals surface area contributed by atoms with Crippen molar-refractivity contribution in [1.29, 1.82) is 0 Å². The molecular weight excluding hydrogens is 351 g/mol. The third kappa shape index (κ3) is 3.20. The number of hydrogen-bond donors (Lipinski definition) is 1. The molecule has 0 saturated carbocycles. The Hall–Kier alpha value is -1.24. The van der Waals surface area contributed by atoms with Crippen LogP contribution in [-0.4, -0.2) is 21.5 Å². The fourth-order valence-electron chi connectivity index (χ4n) is 1.79. The molecule has 0 spiro atoms. The Morgan fingerprint density at radius 3 is 2.68 bits per heavy atom. The molecule has 0 radical (unpaired) electrons. The summed E-state index contributed by atoms with van der Waals surface area (Å²) in [5, 5.41) is 3.29. The van der Waals surface area contributed by atoms with Crippen molar-refractivity contribution in [1.82, 2.24) is 15.0 Å². The van der Waals surface area contributed by atoms with Crippen molar-refractivity contribution in [2.45, 2.75) is 27.2 Å². The van der Waals surface area contributed by atoms with Crippen LogP contribution in [-0.2, 0) is 6.42 Å². The van der Waals surface area contributed by atoms with Crippen molar-refractivity contribution >= 4 is 28.4 Å². The van der Waals surface area contributed by atoms with E-state index in [9.17, 15) is 0 Å². The molecule has 19 heavy (non-hydrogen) atoms. The smallest absolute Gasteiger partial charge is 0.180 e. The van der Waals surface area contributed by atoms with Gasteiger partial charge in [-0.1, -0.05) is 6.92 Å². The van der Waals surface area contributed by atoms with Gasteiger partial charge in [-0.05, 0) is 60.6 Å². The van der Waals surface area contributed by atoms with E-state index in [0.29, 0.717) is 5.82 Å². The molecule has 0 aromatic carbocycles. The molecule has 0 aliphatic heterocycles. The first-order valence-electron chi connectivity index (χ1n) is 6.39. The predicted octanol–water partition coefficient (Wildman–Crippen LogP) is 3.45. The van der Waals surface area contributed by atoms with E-state index in [1.54, 1.807) is 6.20 Å². The van der Waals surface area contributed by atoms with Gasteiger partial charge in [0.15, 0.2) is 5.82 Å². The van der Waals surface area contributed by atoms with E-state index in [0.717, 1.165) is 39.3 Å². The van der Waals surface area contributed by atoms with E-state index >= 15 is 0 Å². The summed E-state index contributed by atoms with van der Waals surface area (Å²) in [4.78, 5) is 13.6. The van der Waals surface area contributed by atoms with E-state index in [2.05, 4.69) is 56.7 Å². The van der Waals surface area contributed by atoms with Crippen LogP contribution in [0.25, 0.3) is 11.5 Å². The van der Waals surface area contributed by atoms with Gasteiger partial charge in [-0.2, -0.15) is 0 Å². The predicted molar refractivity (Wildman–Crippen MR) is 86.3 cm³/mol. The minimum atomic E-state index is 0.692. The molecule has 0 atom stereocenters. The van der Waals surface area contributed by atoms with Gasteiger partial charge < -0.3 is 5.32 Å². The Kier molecular flexibility index (Phi) is 4.68. The monoisotopic (exact) mass is 368 g/mol. The van der Waals surface area contributed by atoms with E-state index in [1.807, 2.05) is 19.1 Å². The SMILES string of the molecule is CCNc1nc(-c2cc(C)ccn2)nc(CC)c1I. The number of nitrogens with one attached hydrogen (secondary N) is 1. The lowest BCUT2D eigenvalue weighted by atomic mass is 10.2. The maximum Gasteiger partial charge on any atom is 0.180 e. The van der Waals surface area contributed by atoms with E-state index in [1.165, 1.54) is 0 Å². The van der Waals surface area contributed by atoms with Crippen LogP contribution < -0.4 is 5.32 Å². The molecule has 2 aromatic rings. The second-order valence-electron chi connectivity index (χ2n) is 4.26. The van der Waals surface area contributed by atoms with Gasteiger partial charge >= 0.3 is 0 Å². The molecule has 0 unspecified atom stereocenters. The summed E-state index contributed by atoms with van der Waals surface area (Å²) in [5.74, 6) is 1.59. The summed E-state index contributed by atoms with van der Waals surface area (Å²) in [7, 11) is 0. The van der Waals surface area contributed by atoms with Gasteiger partial charge in [-0.15, -0.1) is 0 Å². The quantitative estimate of drug-likeness (QED) is 0.840. The largest absolute Gasteiger partial charge is 0.369 e. The summed E-state index contributed by atoms with van der Waals surface area (Å²) in [5.41, 5.74) is 3.05. The van der Waals surface area contributed by atoms with Crippen LogP contribution in [0.4, 0.5) is 5.82 Å². The first-order chi connectivity index (χ1) is 9.15. The summed E-state index contributed by atoms with van der Waals surface area (Å²) in [6, 6.07) is 3.99. The molecule has 0 fully saturated rings. The van der Waals surface area contributed by atoms with Gasteiger partial charge in [0.2, 0.25) is 0 Å². The molecular formula is C14H17IN4. The van der Waals surface area contributed by atoms with Crippen LogP contribution in [0.3, 0.4) is 0 Å². The fourth-order valence-corrected chi connectivity index (χ4v) is 2.60. The third-order valence-corrected chi connectivity index (χ3v) is 3.88. The van der Waals surface area contributed by atoms with Crippen molar-refractivity contribution in [2.75, 3.05) is 11.9 Å². The highest BCUT2D eigenvalue weighted by atomic mass is 127. The molecule has 100 valence electrons. The Labute approximate surface area is 127 Å². The first-order valence-corrected chi connectivity index (χ1v) is 7.46. The Bertz CT molecular complexity index is 584. The number of hydrogen-bond acceptors (Lipinski definition) is 4. The maximum absolute atomic E-state index is 4.62. The normalized spacial score (nSPS) is 10.5. The van der Waals surface area contributed by atoms with Gasteiger partial charge in [0, 0.05) is 12.7 Å². The molecule has 0 saturated heterocycles. The molecule has 2 rings (SSSR count). The zero-order chi connectivity index (χ0) is 13.8. The average Bonchev–Trinajstić information content (AvgIpc) is 2.41. The van der Waals surface area contributed by atoms with Crippen LogP contribution in [0, 0.1) is 10.5 Å². The van der Waals surface area contributed by atoms with E-state index in [-0.39, 0.29) is 0 Å². The van der Waals surface area contributed by atoms with Crippen LogP contribution in [0.5, 0.6) is 0 Å². The molecule has 0 aliphatic carbocycles. The summed E-state index contributed by atoms with van der Waals surface area (Å²) in [6.45, 7) is 7.06. The highest BCUT2D eigenvalue weighted by Gasteiger charge is 2.12. The Morgan fingerprint density at radius 2 is 2.05 bits per heavy atom. The van der Waals surface area contributed by atoms with Crippen LogP contribution in [0.1, 0.15) is 25.1 Å². The molecule has 0 aliphatic rings. The standard InChI is InChI=1S/C14H17IN4/c1-4-10-12(15)14(16-5-2)19-13(18-10)11-8-9(3)6-7-17-11/h6-8H,4-5H2,1-3H3,(H,16,18,19). The van der Waals surface area contributed by atoms with E-state index < -0.39 is 0 Å². The minimum absolute atomic E-state index is 0.692. The van der Waals surface area contributed by atoms with Gasteiger partial charge in [-0.3, -0.25) is 4.98 Å². The third-order valence-electron chi connectivity index (χ3n) is 2.74. The highest BCUT2D eigenvalue weighted by Crippen LogP contribution is 2.23. The molecule has 4 nitrogen and oxygen atoms in total. The summed E-state index contributed by atoms with van der Waals surface area (Å²) in [6.07, 6.45) is 2.68. The van der Waals surface area contributed by atoms with Gasteiger partial charge in [0.05, 0.1) is 9.26 Å². The van der Waals surface area contributed by atoms with Gasteiger partial charge in [0.1, 0.15) is 11.5 Å². The zero-order valence-electron chi connectivity index (χ0n) is 11.4. The van der Waals surface area contributed by atoms with Crippen molar-refractivity contribution in [2.24, 2.45) is 0 Å². The number of pyridine rings is 1. The molecule has 0 amide bonds. The van der Waals surface area contributed by atoms with Crippen molar-refractivity contribution < 1.29 is 0 Å². The number of halogens is 1. The number of rotatable bonds is 4. The second-order valence-corrected chi connectivity index (χ2v) is 5.34. The van der Waals surface area contributed by atoms with Crippen molar-refractivity contribution in [3.63, 3.8) is 0 Å². The number of nitrogens with zero attached hydrogens (tertiary/aromatic N) is 3. The number of anilines is 1. The summed E-state index contributed by atoms with van der Waals surface area (Å²) < 4.78 is 1.10. The first kappa shape index (κ1) is 14.2. The maximum atomic E-state index is 4.62. The topological polar surface area (TPSA) is 50.7 Å². The number of aryl methyl sites for hydroxylation is 2. The van der Waals surface area contributed by atoms with Crippen LogP contribution in [0.2, 0.25) is 0 Å².